The van der Waals surface area contributed by atoms with Gasteiger partial charge < -0.3 is 25.3 Å². The van der Waals surface area contributed by atoms with Gasteiger partial charge in [-0.25, -0.2) is 4.39 Å². The summed E-state index contributed by atoms with van der Waals surface area (Å²) < 4.78 is 33.9. The van der Waals surface area contributed by atoms with Crippen LogP contribution in [0.15, 0.2) is 41.5 Å². The van der Waals surface area contributed by atoms with Gasteiger partial charge in [0, 0.05) is 19.3 Å². The van der Waals surface area contributed by atoms with Gasteiger partial charge in [-0.2, -0.15) is 25.4 Å². The number of hydrogen-bond acceptors (Lipinski definition) is 8. The Bertz CT molecular complexity index is 1200. The number of halogens is 3. The number of aromatic nitrogens is 4. The van der Waals surface area contributed by atoms with Gasteiger partial charge in [-0.1, -0.05) is 19.6 Å². The Hall–Kier alpha value is -3.09. The predicted molar refractivity (Wildman–Crippen MR) is 141 cm³/mol. The lowest BCUT2D eigenvalue weighted by atomic mass is 10.2. The summed E-state index contributed by atoms with van der Waals surface area (Å²) >= 11 is 5.67. The highest BCUT2D eigenvalue weighted by atomic mass is 35.6. The second kappa shape index (κ2) is 12.2. The van der Waals surface area contributed by atoms with Crippen LogP contribution >= 0.6 is 11.1 Å². The standard InChI is InChI=1S/C20H21F2N7O2.C3H9ClSi/c1-12(14-5-4-13(21)11-24-14)25-17-16(22)18(29-7-9-31-10-8-29)28-20(27-17)26-15-3-2-6-23-19(15)30;1-5(2,3)4/h2-6,11-12H,7-10H2,1H3,(H,23,30)(H2,25,26,27,28);1-3H3/t12-;/m0./s1. The number of nitrogens with zero attached hydrogens (tertiary/aromatic N) is 4. The van der Waals surface area contributed by atoms with E-state index in [1.807, 2.05) is 0 Å². The highest BCUT2D eigenvalue weighted by molar-refractivity contribution is 7.18. The average Bonchev–Trinajstić information content (AvgIpc) is 2.82. The van der Waals surface area contributed by atoms with E-state index in [9.17, 15) is 9.18 Å². The summed E-state index contributed by atoms with van der Waals surface area (Å²) in [5, 5.41) is 5.82. The van der Waals surface area contributed by atoms with E-state index in [-0.39, 0.29) is 28.8 Å². The van der Waals surface area contributed by atoms with E-state index < -0.39 is 25.1 Å². The molecule has 0 saturated carbocycles. The van der Waals surface area contributed by atoms with Crippen molar-refractivity contribution in [3.63, 3.8) is 0 Å². The molecule has 0 spiro atoms. The van der Waals surface area contributed by atoms with Gasteiger partial charge in [0.25, 0.3) is 5.56 Å². The molecule has 0 aromatic carbocycles. The number of hydrogen-bond donors (Lipinski definition) is 3. The Balaban J connectivity index is 0.000000658. The van der Waals surface area contributed by atoms with Crippen LogP contribution in [-0.2, 0) is 4.74 Å². The third kappa shape index (κ3) is 8.24. The summed E-state index contributed by atoms with van der Waals surface area (Å²) in [6, 6.07) is 5.55. The van der Waals surface area contributed by atoms with Crippen molar-refractivity contribution < 1.29 is 13.5 Å². The summed E-state index contributed by atoms with van der Waals surface area (Å²) in [5.74, 6) is -1.01. The van der Waals surface area contributed by atoms with Crippen LogP contribution in [0.2, 0.25) is 19.6 Å². The van der Waals surface area contributed by atoms with Gasteiger partial charge >= 0.3 is 0 Å². The molecule has 0 unspecified atom stereocenters. The zero-order chi connectivity index (χ0) is 26.3. The fourth-order valence-electron chi connectivity index (χ4n) is 3.13. The van der Waals surface area contributed by atoms with E-state index in [1.165, 1.54) is 18.3 Å². The number of pyridine rings is 2. The van der Waals surface area contributed by atoms with Crippen molar-refractivity contribution in [2.24, 2.45) is 0 Å². The molecule has 0 amide bonds. The molecule has 3 aromatic rings. The van der Waals surface area contributed by atoms with Crippen LogP contribution in [0.1, 0.15) is 18.7 Å². The summed E-state index contributed by atoms with van der Waals surface area (Å²) in [6.07, 6.45) is 2.60. The summed E-state index contributed by atoms with van der Waals surface area (Å²) in [6.45, 7) is 9.86. The molecular formula is C23H30ClF2N7O2Si. The Morgan fingerprint density at radius 3 is 2.47 bits per heavy atom. The molecule has 1 aliphatic heterocycles. The van der Waals surface area contributed by atoms with E-state index in [0.29, 0.717) is 32.0 Å². The van der Waals surface area contributed by atoms with Crippen molar-refractivity contribution in [1.29, 1.82) is 0 Å². The van der Waals surface area contributed by atoms with Crippen LogP contribution in [0.25, 0.3) is 0 Å². The van der Waals surface area contributed by atoms with E-state index in [0.717, 1.165) is 6.20 Å². The Morgan fingerprint density at radius 2 is 1.86 bits per heavy atom. The van der Waals surface area contributed by atoms with Crippen LogP contribution in [0.5, 0.6) is 0 Å². The fraction of sp³-hybridized carbons (Fsp3) is 0.391. The minimum Gasteiger partial charge on any atom is -0.378 e. The molecule has 0 radical (unpaired) electrons. The van der Waals surface area contributed by atoms with Crippen LogP contribution in [0, 0.1) is 11.6 Å². The zero-order valence-electron chi connectivity index (χ0n) is 20.6. The van der Waals surface area contributed by atoms with Crippen LogP contribution in [0.4, 0.5) is 32.1 Å². The number of rotatable bonds is 6. The van der Waals surface area contributed by atoms with Gasteiger partial charge in [0.15, 0.2) is 11.6 Å². The molecule has 1 fully saturated rings. The summed E-state index contributed by atoms with van der Waals surface area (Å²) in [7, 11) is -1.14. The van der Waals surface area contributed by atoms with Crippen molar-refractivity contribution in [1.82, 2.24) is 19.9 Å². The quantitative estimate of drug-likeness (QED) is 0.308. The first-order valence-electron chi connectivity index (χ1n) is 11.4. The molecule has 9 nitrogen and oxygen atoms in total. The second-order valence-corrected chi connectivity index (χ2v) is 16.5. The van der Waals surface area contributed by atoms with Gasteiger partial charge in [-0.05, 0) is 31.2 Å². The number of H-pyrrole nitrogens is 1. The maximum Gasteiger partial charge on any atom is 0.271 e. The normalized spacial score (nSPS) is 14.5. The molecule has 3 N–H and O–H groups in total. The van der Waals surface area contributed by atoms with Gasteiger partial charge in [0.05, 0.1) is 31.1 Å². The second-order valence-electron chi connectivity index (χ2n) is 9.01. The Labute approximate surface area is 214 Å². The lowest BCUT2D eigenvalue weighted by molar-refractivity contribution is 0.122. The highest BCUT2D eigenvalue weighted by Crippen LogP contribution is 2.28. The summed E-state index contributed by atoms with van der Waals surface area (Å²) in [4.78, 5) is 28.9. The van der Waals surface area contributed by atoms with Gasteiger partial charge in [0.1, 0.15) is 18.9 Å². The van der Waals surface area contributed by atoms with Crippen LogP contribution in [0.3, 0.4) is 0 Å². The number of ether oxygens (including phenoxy) is 1. The molecule has 3 aromatic heterocycles. The monoisotopic (exact) mass is 537 g/mol. The first kappa shape index (κ1) is 27.5. The van der Waals surface area contributed by atoms with Crippen molar-refractivity contribution in [3.05, 3.63) is 64.3 Å². The largest absolute Gasteiger partial charge is 0.378 e. The van der Waals surface area contributed by atoms with Crippen molar-refractivity contribution in [2.75, 3.05) is 41.8 Å². The minimum absolute atomic E-state index is 0.0568. The van der Waals surface area contributed by atoms with Gasteiger partial charge in [0.2, 0.25) is 11.8 Å². The topological polar surface area (TPSA) is 108 Å². The molecular weight excluding hydrogens is 508 g/mol. The average molecular weight is 538 g/mol. The van der Waals surface area contributed by atoms with E-state index in [1.54, 1.807) is 24.0 Å². The summed E-state index contributed by atoms with van der Waals surface area (Å²) in [5.41, 5.74) is 0.379. The molecule has 0 aliphatic carbocycles. The number of anilines is 4. The fourth-order valence-corrected chi connectivity index (χ4v) is 3.13. The first-order chi connectivity index (χ1) is 17.0. The maximum absolute atomic E-state index is 15.3. The zero-order valence-corrected chi connectivity index (χ0v) is 22.4. The minimum atomic E-state index is -1.14. The van der Waals surface area contributed by atoms with Crippen molar-refractivity contribution in [2.45, 2.75) is 32.6 Å². The molecule has 0 bridgehead atoms. The molecule has 1 saturated heterocycles. The third-order valence-corrected chi connectivity index (χ3v) is 4.76. The molecule has 4 heterocycles. The van der Waals surface area contributed by atoms with Crippen molar-refractivity contribution in [3.8, 4) is 0 Å². The Morgan fingerprint density at radius 1 is 1.17 bits per heavy atom. The highest BCUT2D eigenvalue weighted by Gasteiger charge is 2.23. The smallest absolute Gasteiger partial charge is 0.271 e. The maximum atomic E-state index is 15.3. The number of morpholine rings is 1. The van der Waals surface area contributed by atoms with Crippen molar-refractivity contribution >= 4 is 41.7 Å². The number of aromatic amines is 1. The number of nitrogens with one attached hydrogen (secondary N) is 3. The van der Waals surface area contributed by atoms with Gasteiger partial charge in [-0.15, -0.1) is 0 Å². The van der Waals surface area contributed by atoms with E-state index in [2.05, 4.69) is 50.2 Å². The lowest BCUT2D eigenvalue weighted by Gasteiger charge is -2.29. The molecule has 13 heteroatoms. The van der Waals surface area contributed by atoms with Crippen LogP contribution < -0.4 is 21.1 Å². The van der Waals surface area contributed by atoms with Crippen LogP contribution in [-0.4, -0.2) is 53.6 Å². The SMILES string of the molecule is C[C@H](Nc1nc(Nc2ccc[nH]c2=O)nc(N2CCOCC2)c1F)c1ccc(F)cn1.C[Si](C)(C)Cl. The molecule has 4 rings (SSSR count). The molecule has 1 aliphatic rings. The third-order valence-electron chi connectivity index (χ3n) is 4.76. The predicted octanol–water partition coefficient (Wildman–Crippen LogP) is 4.65. The molecule has 36 heavy (non-hydrogen) atoms. The lowest BCUT2D eigenvalue weighted by Crippen LogP contribution is -2.37. The van der Waals surface area contributed by atoms with E-state index in [4.69, 9.17) is 15.8 Å². The molecule has 1 atom stereocenters. The van der Waals surface area contributed by atoms with E-state index >= 15 is 4.39 Å². The Kier molecular flexibility index (Phi) is 9.35. The van der Waals surface area contributed by atoms with Gasteiger partial charge in [-0.3, -0.25) is 9.78 Å². The molecule has 194 valence electrons. The first-order valence-corrected chi connectivity index (χ1v) is 15.9.